The molecule has 0 aliphatic carbocycles. The lowest BCUT2D eigenvalue weighted by Crippen LogP contribution is -2.46. The van der Waals surface area contributed by atoms with Gasteiger partial charge in [-0.05, 0) is 44.5 Å². The molecule has 1 atom stereocenters. The Hall–Kier alpha value is -1.06. The Morgan fingerprint density at radius 3 is 2.94 bits per heavy atom. The van der Waals surface area contributed by atoms with Gasteiger partial charge < -0.3 is 10.2 Å². The second kappa shape index (κ2) is 5.72. The average Bonchev–Trinajstić information content (AvgIpc) is 2.41. The van der Waals surface area contributed by atoms with E-state index in [0.29, 0.717) is 16.6 Å². The molecule has 1 aliphatic heterocycles. The standard InChI is InChI=1S/C14H19ClN2O/c1-10-5-6-11(8-13(10)15)14(18)17-7-3-4-12(9-17)16-2/h5-6,8,12,16H,3-4,7,9H2,1-2H3/t12-/m1/s1. The number of rotatable bonds is 2. The highest BCUT2D eigenvalue weighted by Gasteiger charge is 2.23. The molecule has 0 unspecified atom stereocenters. The van der Waals surface area contributed by atoms with Crippen LogP contribution in [-0.2, 0) is 0 Å². The molecule has 18 heavy (non-hydrogen) atoms. The van der Waals surface area contributed by atoms with E-state index in [2.05, 4.69) is 5.32 Å². The Balaban J connectivity index is 2.12. The van der Waals surface area contributed by atoms with Crippen molar-refractivity contribution in [2.24, 2.45) is 0 Å². The lowest BCUT2D eigenvalue weighted by molar-refractivity contribution is 0.0698. The van der Waals surface area contributed by atoms with Crippen LogP contribution in [0.2, 0.25) is 5.02 Å². The van der Waals surface area contributed by atoms with E-state index in [-0.39, 0.29) is 5.91 Å². The summed E-state index contributed by atoms with van der Waals surface area (Å²) >= 11 is 6.07. The smallest absolute Gasteiger partial charge is 0.253 e. The number of likely N-dealkylation sites (N-methyl/N-ethyl adjacent to an activating group) is 1. The molecule has 1 saturated heterocycles. The number of amides is 1. The molecule has 1 aromatic carbocycles. The van der Waals surface area contributed by atoms with Gasteiger partial charge in [0.05, 0.1) is 0 Å². The van der Waals surface area contributed by atoms with Gasteiger partial charge in [-0.2, -0.15) is 0 Å². The number of hydrogen-bond donors (Lipinski definition) is 1. The number of benzene rings is 1. The zero-order valence-electron chi connectivity index (χ0n) is 10.9. The number of aryl methyl sites for hydroxylation is 1. The number of nitrogens with zero attached hydrogens (tertiary/aromatic N) is 1. The van der Waals surface area contributed by atoms with Crippen LogP contribution in [0.4, 0.5) is 0 Å². The van der Waals surface area contributed by atoms with Gasteiger partial charge in [0.25, 0.3) is 5.91 Å². The summed E-state index contributed by atoms with van der Waals surface area (Å²) in [6, 6.07) is 5.92. The monoisotopic (exact) mass is 266 g/mol. The summed E-state index contributed by atoms with van der Waals surface area (Å²) < 4.78 is 0. The van der Waals surface area contributed by atoms with E-state index in [4.69, 9.17) is 11.6 Å². The first-order chi connectivity index (χ1) is 8.61. The summed E-state index contributed by atoms with van der Waals surface area (Å²) in [6.07, 6.45) is 2.19. The van der Waals surface area contributed by atoms with Gasteiger partial charge in [-0.15, -0.1) is 0 Å². The number of halogens is 1. The number of carbonyl (C=O) groups excluding carboxylic acids is 1. The topological polar surface area (TPSA) is 32.3 Å². The fourth-order valence-electron chi connectivity index (χ4n) is 2.31. The molecule has 0 spiro atoms. The molecule has 0 saturated carbocycles. The van der Waals surface area contributed by atoms with Gasteiger partial charge >= 0.3 is 0 Å². The highest BCUT2D eigenvalue weighted by Crippen LogP contribution is 2.19. The van der Waals surface area contributed by atoms with Crippen molar-refractivity contribution in [3.8, 4) is 0 Å². The normalized spacial score (nSPS) is 19.9. The molecular formula is C14H19ClN2O. The highest BCUT2D eigenvalue weighted by molar-refractivity contribution is 6.31. The first-order valence-electron chi connectivity index (χ1n) is 6.34. The van der Waals surface area contributed by atoms with Crippen molar-refractivity contribution in [1.82, 2.24) is 10.2 Å². The van der Waals surface area contributed by atoms with Crippen LogP contribution in [0, 0.1) is 6.92 Å². The lowest BCUT2D eigenvalue weighted by atomic mass is 10.0. The maximum atomic E-state index is 12.4. The molecule has 0 bridgehead atoms. The quantitative estimate of drug-likeness (QED) is 0.892. The van der Waals surface area contributed by atoms with E-state index in [1.165, 1.54) is 0 Å². The fourth-order valence-corrected chi connectivity index (χ4v) is 2.49. The van der Waals surface area contributed by atoms with Gasteiger partial charge in [0, 0.05) is 29.7 Å². The average molecular weight is 267 g/mol. The first-order valence-corrected chi connectivity index (χ1v) is 6.72. The second-order valence-electron chi connectivity index (χ2n) is 4.84. The van der Waals surface area contributed by atoms with Crippen LogP contribution in [0.15, 0.2) is 18.2 Å². The zero-order valence-corrected chi connectivity index (χ0v) is 11.6. The Bertz CT molecular complexity index is 447. The maximum Gasteiger partial charge on any atom is 0.253 e. The fraction of sp³-hybridized carbons (Fsp3) is 0.500. The van der Waals surface area contributed by atoms with Crippen LogP contribution in [0.5, 0.6) is 0 Å². The van der Waals surface area contributed by atoms with Gasteiger partial charge in [-0.3, -0.25) is 4.79 Å². The SMILES string of the molecule is CN[C@@H]1CCCN(C(=O)c2ccc(C)c(Cl)c2)C1. The molecule has 3 nitrogen and oxygen atoms in total. The molecule has 1 fully saturated rings. The van der Waals surface area contributed by atoms with Gasteiger partial charge in [0.15, 0.2) is 0 Å². The Morgan fingerprint density at radius 1 is 1.50 bits per heavy atom. The number of nitrogens with one attached hydrogen (secondary N) is 1. The largest absolute Gasteiger partial charge is 0.337 e. The van der Waals surface area contributed by atoms with Crippen molar-refractivity contribution in [3.63, 3.8) is 0 Å². The predicted octanol–water partition coefficient (Wildman–Crippen LogP) is 2.47. The molecular weight excluding hydrogens is 248 g/mol. The van der Waals surface area contributed by atoms with Crippen molar-refractivity contribution >= 4 is 17.5 Å². The molecule has 0 radical (unpaired) electrons. The van der Waals surface area contributed by atoms with Crippen molar-refractivity contribution < 1.29 is 4.79 Å². The Kier molecular flexibility index (Phi) is 4.25. The third kappa shape index (κ3) is 2.85. The molecule has 4 heteroatoms. The van der Waals surface area contributed by atoms with Crippen molar-refractivity contribution in [3.05, 3.63) is 34.3 Å². The first kappa shape index (κ1) is 13.4. The predicted molar refractivity (Wildman–Crippen MR) is 74.2 cm³/mol. The molecule has 2 rings (SSSR count). The lowest BCUT2D eigenvalue weighted by Gasteiger charge is -2.32. The van der Waals surface area contributed by atoms with E-state index in [1.54, 1.807) is 6.07 Å². The van der Waals surface area contributed by atoms with E-state index >= 15 is 0 Å². The minimum atomic E-state index is 0.0804. The van der Waals surface area contributed by atoms with E-state index in [9.17, 15) is 4.79 Å². The second-order valence-corrected chi connectivity index (χ2v) is 5.25. The summed E-state index contributed by atoms with van der Waals surface area (Å²) in [5.41, 5.74) is 1.68. The van der Waals surface area contributed by atoms with Crippen molar-refractivity contribution in [2.75, 3.05) is 20.1 Å². The molecule has 0 aromatic heterocycles. The summed E-state index contributed by atoms with van der Waals surface area (Å²) in [5.74, 6) is 0.0804. The Morgan fingerprint density at radius 2 is 2.28 bits per heavy atom. The van der Waals surface area contributed by atoms with Gasteiger partial charge in [-0.1, -0.05) is 17.7 Å². The molecule has 98 valence electrons. The molecule has 1 heterocycles. The summed E-state index contributed by atoms with van der Waals surface area (Å²) in [6.45, 7) is 3.55. The summed E-state index contributed by atoms with van der Waals surface area (Å²) in [7, 11) is 1.95. The van der Waals surface area contributed by atoms with Crippen LogP contribution in [-0.4, -0.2) is 37.0 Å². The third-order valence-corrected chi connectivity index (χ3v) is 3.94. The summed E-state index contributed by atoms with van der Waals surface area (Å²) in [4.78, 5) is 14.3. The van der Waals surface area contributed by atoms with Crippen molar-refractivity contribution in [2.45, 2.75) is 25.8 Å². The number of hydrogen-bond acceptors (Lipinski definition) is 2. The van der Waals surface area contributed by atoms with E-state index in [1.807, 2.05) is 31.0 Å². The third-order valence-electron chi connectivity index (χ3n) is 3.54. The van der Waals surface area contributed by atoms with E-state index < -0.39 is 0 Å². The Labute approximate surface area is 113 Å². The molecule has 1 aliphatic rings. The minimum Gasteiger partial charge on any atom is -0.337 e. The van der Waals surface area contributed by atoms with Gasteiger partial charge in [-0.25, -0.2) is 0 Å². The van der Waals surface area contributed by atoms with Crippen LogP contribution >= 0.6 is 11.6 Å². The molecule has 1 amide bonds. The van der Waals surface area contributed by atoms with Crippen LogP contribution in [0.1, 0.15) is 28.8 Å². The number of likely N-dealkylation sites (tertiary alicyclic amines) is 1. The summed E-state index contributed by atoms with van der Waals surface area (Å²) in [5, 5.41) is 3.90. The van der Waals surface area contributed by atoms with E-state index in [0.717, 1.165) is 31.5 Å². The van der Waals surface area contributed by atoms with Crippen LogP contribution < -0.4 is 5.32 Å². The highest BCUT2D eigenvalue weighted by atomic mass is 35.5. The maximum absolute atomic E-state index is 12.4. The van der Waals surface area contributed by atoms with Gasteiger partial charge in [0.1, 0.15) is 0 Å². The zero-order chi connectivity index (χ0) is 13.1. The van der Waals surface area contributed by atoms with Crippen LogP contribution in [0.25, 0.3) is 0 Å². The van der Waals surface area contributed by atoms with Crippen molar-refractivity contribution in [1.29, 1.82) is 0 Å². The number of carbonyl (C=O) groups is 1. The molecule has 1 N–H and O–H groups in total. The van der Waals surface area contributed by atoms with Gasteiger partial charge in [0.2, 0.25) is 0 Å². The minimum absolute atomic E-state index is 0.0804. The van der Waals surface area contributed by atoms with Crippen LogP contribution in [0.3, 0.4) is 0 Å². The number of piperidine rings is 1. The molecule has 1 aromatic rings.